The molecule has 0 spiro atoms. The molecule has 2 aromatic rings. The maximum absolute atomic E-state index is 10.2. The number of ether oxygens (including phenoxy) is 1. The van der Waals surface area contributed by atoms with Crippen molar-refractivity contribution in [2.45, 2.75) is 12.0 Å². The zero-order valence-corrected chi connectivity index (χ0v) is 8.67. The van der Waals surface area contributed by atoms with Crippen LogP contribution in [0.3, 0.4) is 0 Å². The van der Waals surface area contributed by atoms with Crippen molar-refractivity contribution in [2.24, 2.45) is 0 Å². The van der Waals surface area contributed by atoms with Crippen molar-refractivity contribution in [3.8, 4) is 5.75 Å². The normalized spacial score (nSPS) is 20.2. The number of para-hydroxylation sites is 1. The highest BCUT2D eigenvalue weighted by atomic mass is 16.5. The summed E-state index contributed by atoms with van der Waals surface area (Å²) >= 11 is 0. The van der Waals surface area contributed by atoms with Gasteiger partial charge in [-0.05, 0) is 12.1 Å². The summed E-state index contributed by atoms with van der Waals surface area (Å²) in [5, 5.41) is 10.2. The molecule has 3 nitrogen and oxygen atoms in total. The van der Waals surface area contributed by atoms with E-state index >= 15 is 0 Å². The molecule has 1 aliphatic heterocycles. The van der Waals surface area contributed by atoms with Gasteiger partial charge in [0.05, 0.1) is 31.2 Å². The molecular formula is C13H12O3. The lowest BCUT2D eigenvalue weighted by atomic mass is 9.92. The topological polar surface area (TPSA) is 42.6 Å². The molecule has 0 aliphatic carbocycles. The van der Waals surface area contributed by atoms with Gasteiger partial charge in [0.15, 0.2) is 0 Å². The molecule has 1 aromatic carbocycles. The van der Waals surface area contributed by atoms with Crippen LogP contribution in [0.25, 0.3) is 0 Å². The van der Waals surface area contributed by atoms with Gasteiger partial charge >= 0.3 is 0 Å². The molecule has 2 atom stereocenters. The van der Waals surface area contributed by atoms with E-state index in [0.29, 0.717) is 6.61 Å². The Morgan fingerprint density at radius 2 is 2.12 bits per heavy atom. The third-order valence-corrected chi connectivity index (χ3v) is 3.00. The van der Waals surface area contributed by atoms with E-state index in [2.05, 4.69) is 0 Å². The van der Waals surface area contributed by atoms with Gasteiger partial charge in [0.1, 0.15) is 5.75 Å². The second-order valence-corrected chi connectivity index (χ2v) is 3.96. The second-order valence-electron chi connectivity index (χ2n) is 3.96. The Morgan fingerprint density at radius 1 is 1.25 bits per heavy atom. The molecule has 1 aliphatic rings. The Kier molecular flexibility index (Phi) is 2.18. The van der Waals surface area contributed by atoms with Crippen molar-refractivity contribution in [3.05, 3.63) is 54.0 Å². The average Bonchev–Trinajstić information content (AvgIpc) is 2.98. The van der Waals surface area contributed by atoms with Gasteiger partial charge in [0.2, 0.25) is 0 Å². The smallest absolute Gasteiger partial charge is 0.123 e. The first-order chi connectivity index (χ1) is 7.86. The van der Waals surface area contributed by atoms with Crippen molar-refractivity contribution < 1.29 is 14.3 Å². The fourth-order valence-corrected chi connectivity index (χ4v) is 2.12. The number of hydrogen-bond donors (Lipinski definition) is 1. The van der Waals surface area contributed by atoms with E-state index in [-0.39, 0.29) is 5.92 Å². The van der Waals surface area contributed by atoms with Gasteiger partial charge in [0.25, 0.3) is 0 Å². The molecule has 0 amide bonds. The number of hydrogen-bond acceptors (Lipinski definition) is 3. The molecule has 0 saturated heterocycles. The summed E-state index contributed by atoms with van der Waals surface area (Å²) in [5.74, 6) is 0.865. The minimum Gasteiger partial charge on any atom is -0.493 e. The van der Waals surface area contributed by atoms with E-state index in [1.165, 1.54) is 0 Å². The molecule has 16 heavy (non-hydrogen) atoms. The van der Waals surface area contributed by atoms with E-state index < -0.39 is 6.10 Å². The van der Waals surface area contributed by atoms with E-state index in [4.69, 9.17) is 9.15 Å². The maximum atomic E-state index is 10.2. The first-order valence-corrected chi connectivity index (χ1v) is 5.28. The van der Waals surface area contributed by atoms with E-state index in [1.807, 2.05) is 24.3 Å². The SMILES string of the molecule is OC(c1ccoc1)C1COc2ccccc21. The van der Waals surface area contributed by atoms with Crippen molar-refractivity contribution in [2.75, 3.05) is 6.61 Å². The first kappa shape index (κ1) is 9.48. The number of aliphatic hydroxyl groups is 1. The fraction of sp³-hybridized carbons (Fsp3) is 0.231. The lowest BCUT2D eigenvalue weighted by Gasteiger charge is -2.15. The highest BCUT2D eigenvalue weighted by Gasteiger charge is 2.31. The minimum absolute atomic E-state index is 0.00574. The average molecular weight is 216 g/mol. The molecular weight excluding hydrogens is 204 g/mol. The number of rotatable bonds is 2. The van der Waals surface area contributed by atoms with E-state index in [1.54, 1.807) is 18.6 Å². The fourth-order valence-electron chi connectivity index (χ4n) is 2.12. The third kappa shape index (κ3) is 1.41. The van der Waals surface area contributed by atoms with Crippen molar-refractivity contribution in [1.82, 2.24) is 0 Å². The van der Waals surface area contributed by atoms with Crippen LogP contribution in [0.4, 0.5) is 0 Å². The Morgan fingerprint density at radius 3 is 2.94 bits per heavy atom. The Balaban J connectivity index is 1.93. The van der Waals surface area contributed by atoms with Crippen LogP contribution in [0.5, 0.6) is 5.75 Å². The number of aliphatic hydroxyl groups excluding tert-OH is 1. The standard InChI is InChI=1S/C13H12O3/c14-13(9-5-6-15-7-9)11-8-16-12-4-2-1-3-10(11)12/h1-7,11,13-14H,8H2. The summed E-state index contributed by atoms with van der Waals surface area (Å²) in [6, 6.07) is 9.60. The van der Waals surface area contributed by atoms with Crippen molar-refractivity contribution >= 4 is 0 Å². The van der Waals surface area contributed by atoms with Gasteiger partial charge in [-0.1, -0.05) is 18.2 Å². The van der Waals surface area contributed by atoms with Crippen LogP contribution in [-0.4, -0.2) is 11.7 Å². The molecule has 1 aromatic heterocycles. The van der Waals surface area contributed by atoms with Gasteiger partial charge in [-0.2, -0.15) is 0 Å². The second kappa shape index (κ2) is 3.68. The quantitative estimate of drug-likeness (QED) is 0.838. The van der Waals surface area contributed by atoms with Crippen LogP contribution in [-0.2, 0) is 0 Å². The van der Waals surface area contributed by atoms with Crippen LogP contribution >= 0.6 is 0 Å². The van der Waals surface area contributed by atoms with Crippen LogP contribution in [0.1, 0.15) is 23.1 Å². The summed E-state index contributed by atoms with van der Waals surface area (Å²) < 4.78 is 10.5. The molecule has 82 valence electrons. The Bertz CT molecular complexity index is 476. The van der Waals surface area contributed by atoms with E-state index in [9.17, 15) is 5.11 Å². The maximum Gasteiger partial charge on any atom is 0.123 e. The third-order valence-electron chi connectivity index (χ3n) is 3.00. The van der Waals surface area contributed by atoms with Crippen LogP contribution in [0.2, 0.25) is 0 Å². The van der Waals surface area contributed by atoms with Gasteiger partial charge in [-0.15, -0.1) is 0 Å². The van der Waals surface area contributed by atoms with Gasteiger partial charge < -0.3 is 14.3 Å². The highest BCUT2D eigenvalue weighted by molar-refractivity contribution is 5.41. The van der Waals surface area contributed by atoms with Crippen LogP contribution < -0.4 is 4.74 Å². The van der Waals surface area contributed by atoms with Gasteiger partial charge in [-0.3, -0.25) is 0 Å². The summed E-state index contributed by atoms with van der Waals surface area (Å²) in [6.45, 7) is 0.520. The molecule has 1 N–H and O–H groups in total. The molecule has 0 bridgehead atoms. The number of furan rings is 1. The number of benzene rings is 1. The van der Waals surface area contributed by atoms with Crippen molar-refractivity contribution in [1.29, 1.82) is 0 Å². The molecule has 2 unspecified atom stereocenters. The largest absolute Gasteiger partial charge is 0.493 e. The zero-order chi connectivity index (χ0) is 11.0. The van der Waals surface area contributed by atoms with Crippen LogP contribution in [0, 0.1) is 0 Å². The summed E-state index contributed by atoms with van der Waals surface area (Å²) in [6.07, 6.45) is 2.58. The van der Waals surface area contributed by atoms with E-state index in [0.717, 1.165) is 16.9 Å². The molecule has 0 fully saturated rings. The summed E-state index contributed by atoms with van der Waals surface area (Å²) in [4.78, 5) is 0. The Labute approximate surface area is 93.3 Å². The van der Waals surface area contributed by atoms with Gasteiger partial charge in [0, 0.05) is 11.1 Å². The van der Waals surface area contributed by atoms with Gasteiger partial charge in [-0.25, -0.2) is 0 Å². The molecule has 0 radical (unpaired) electrons. The summed E-state index contributed by atoms with van der Waals surface area (Å²) in [5.41, 5.74) is 1.86. The lowest BCUT2D eigenvalue weighted by Crippen LogP contribution is -2.11. The monoisotopic (exact) mass is 216 g/mol. The highest BCUT2D eigenvalue weighted by Crippen LogP contribution is 2.40. The molecule has 0 saturated carbocycles. The Hall–Kier alpha value is -1.74. The first-order valence-electron chi connectivity index (χ1n) is 5.28. The molecule has 3 heteroatoms. The number of fused-ring (bicyclic) bond motifs is 1. The molecule has 2 heterocycles. The predicted octanol–water partition coefficient (Wildman–Crippen LogP) is 2.49. The predicted molar refractivity (Wildman–Crippen MR) is 58.3 cm³/mol. The summed E-state index contributed by atoms with van der Waals surface area (Å²) in [7, 11) is 0. The zero-order valence-electron chi connectivity index (χ0n) is 8.67. The minimum atomic E-state index is -0.567. The lowest BCUT2D eigenvalue weighted by molar-refractivity contribution is 0.129. The molecule has 3 rings (SSSR count). The van der Waals surface area contributed by atoms with Crippen LogP contribution in [0.15, 0.2) is 47.3 Å². The van der Waals surface area contributed by atoms with Crippen molar-refractivity contribution in [3.63, 3.8) is 0 Å².